The lowest BCUT2D eigenvalue weighted by Crippen LogP contribution is -2.09. The van der Waals surface area contributed by atoms with E-state index in [4.69, 9.17) is 4.42 Å². The standard InChI is InChI=1S/C13H14O3/c1-7(2)11-12(14)9-6-8(3)4-5-10(9)16-13(11)15/h4-7,14H,1-3H3. The van der Waals surface area contributed by atoms with E-state index in [1.807, 2.05) is 32.9 Å². The Balaban J connectivity index is 2.91. The van der Waals surface area contributed by atoms with Crippen LogP contribution < -0.4 is 5.63 Å². The lowest BCUT2D eigenvalue weighted by molar-refractivity contribution is 0.451. The second-order valence-electron chi connectivity index (χ2n) is 4.31. The summed E-state index contributed by atoms with van der Waals surface area (Å²) in [7, 11) is 0. The highest BCUT2D eigenvalue weighted by Gasteiger charge is 2.16. The van der Waals surface area contributed by atoms with Crippen LogP contribution in [0.4, 0.5) is 0 Å². The van der Waals surface area contributed by atoms with Gasteiger partial charge in [-0.2, -0.15) is 0 Å². The van der Waals surface area contributed by atoms with Gasteiger partial charge in [0.1, 0.15) is 11.3 Å². The predicted molar refractivity (Wildman–Crippen MR) is 63.0 cm³/mol. The first-order chi connectivity index (χ1) is 7.50. The van der Waals surface area contributed by atoms with Crippen molar-refractivity contribution in [1.82, 2.24) is 0 Å². The van der Waals surface area contributed by atoms with Crippen LogP contribution in [0.1, 0.15) is 30.9 Å². The molecular weight excluding hydrogens is 204 g/mol. The molecule has 3 heteroatoms. The van der Waals surface area contributed by atoms with E-state index in [1.165, 1.54) is 0 Å². The first kappa shape index (κ1) is 10.7. The Morgan fingerprint density at radius 3 is 2.62 bits per heavy atom. The van der Waals surface area contributed by atoms with E-state index in [0.29, 0.717) is 16.5 Å². The molecule has 2 rings (SSSR count). The quantitative estimate of drug-likeness (QED) is 0.749. The van der Waals surface area contributed by atoms with E-state index in [9.17, 15) is 9.90 Å². The maximum atomic E-state index is 11.7. The Morgan fingerprint density at radius 2 is 2.00 bits per heavy atom. The number of hydrogen-bond acceptors (Lipinski definition) is 3. The summed E-state index contributed by atoms with van der Waals surface area (Å²) in [6, 6.07) is 5.37. The lowest BCUT2D eigenvalue weighted by Gasteiger charge is -2.08. The third-order valence-corrected chi connectivity index (χ3v) is 2.65. The summed E-state index contributed by atoms with van der Waals surface area (Å²) in [5, 5.41) is 10.7. The fourth-order valence-corrected chi connectivity index (χ4v) is 1.82. The van der Waals surface area contributed by atoms with Crippen LogP contribution in [-0.4, -0.2) is 5.11 Å². The van der Waals surface area contributed by atoms with Crippen molar-refractivity contribution in [1.29, 1.82) is 0 Å². The average Bonchev–Trinajstić information content (AvgIpc) is 2.19. The zero-order valence-electron chi connectivity index (χ0n) is 9.57. The summed E-state index contributed by atoms with van der Waals surface area (Å²) in [6.07, 6.45) is 0. The molecule has 0 unspecified atom stereocenters. The molecule has 0 atom stereocenters. The van der Waals surface area contributed by atoms with E-state index in [-0.39, 0.29) is 11.7 Å². The highest BCUT2D eigenvalue weighted by Crippen LogP contribution is 2.30. The van der Waals surface area contributed by atoms with Crippen molar-refractivity contribution in [2.75, 3.05) is 0 Å². The van der Waals surface area contributed by atoms with Crippen LogP contribution in [0.25, 0.3) is 11.0 Å². The highest BCUT2D eigenvalue weighted by atomic mass is 16.4. The molecule has 84 valence electrons. The lowest BCUT2D eigenvalue weighted by atomic mass is 10.0. The third kappa shape index (κ3) is 1.58. The molecule has 1 aromatic carbocycles. The second-order valence-corrected chi connectivity index (χ2v) is 4.31. The Bertz CT molecular complexity index is 594. The van der Waals surface area contributed by atoms with Crippen molar-refractivity contribution >= 4 is 11.0 Å². The molecule has 2 aromatic rings. The van der Waals surface area contributed by atoms with Crippen LogP contribution in [0.3, 0.4) is 0 Å². The minimum absolute atomic E-state index is 0.0463. The van der Waals surface area contributed by atoms with Gasteiger partial charge in [-0.1, -0.05) is 25.5 Å². The zero-order valence-corrected chi connectivity index (χ0v) is 9.57. The van der Waals surface area contributed by atoms with Gasteiger partial charge < -0.3 is 9.52 Å². The van der Waals surface area contributed by atoms with Crippen LogP contribution in [0.15, 0.2) is 27.4 Å². The van der Waals surface area contributed by atoms with E-state index in [0.717, 1.165) is 5.56 Å². The monoisotopic (exact) mass is 218 g/mol. The summed E-state index contributed by atoms with van der Waals surface area (Å²) in [5.41, 5.74) is 1.34. The molecule has 1 heterocycles. The Kier molecular flexibility index (Phi) is 2.46. The Labute approximate surface area is 93.3 Å². The number of fused-ring (bicyclic) bond motifs is 1. The molecule has 0 aliphatic heterocycles. The molecule has 0 saturated carbocycles. The van der Waals surface area contributed by atoms with E-state index >= 15 is 0 Å². The van der Waals surface area contributed by atoms with Crippen molar-refractivity contribution in [3.8, 4) is 5.75 Å². The van der Waals surface area contributed by atoms with Crippen molar-refractivity contribution in [3.05, 3.63) is 39.7 Å². The van der Waals surface area contributed by atoms with Gasteiger partial charge in [0.2, 0.25) is 0 Å². The molecule has 0 spiro atoms. The van der Waals surface area contributed by atoms with E-state index < -0.39 is 5.63 Å². The third-order valence-electron chi connectivity index (χ3n) is 2.65. The molecular formula is C13H14O3. The SMILES string of the molecule is Cc1ccc2oc(=O)c(C(C)C)c(O)c2c1. The van der Waals surface area contributed by atoms with Gasteiger partial charge in [0.05, 0.1) is 10.9 Å². The van der Waals surface area contributed by atoms with Crippen molar-refractivity contribution in [2.24, 2.45) is 0 Å². The molecule has 3 nitrogen and oxygen atoms in total. The maximum absolute atomic E-state index is 11.7. The molecule has 0 amide bonds. The number of hydrogen-bond donors (Lipinski definition) is 1. The van der Waals surface area contributed by atoms with Crippen LogP contribution in [-0.2, 0) is 0 Å². The van der Waals surface area contributed by atoms with Gasteiger partial charge in [-0.25, -0.2) is 4.79 Å². The Hall–Kier alpha value is -1.77. The Morgan fingerprint density at radius 1 is 1.31 bits per heavy atom. The average molecular weight is 218 g/mol. The number of benzene rings is 1. The van der Waals surface area contributed by atoms with Gasteiger partial charge >= 0.3 is 5.63 Å². The minimum atomic E-state index is -0.455. The highest BCUT2D eigenvalue weighted by molar-refractivity contribution is 5.84. The number of aryl methyl sites for hydroxylation is 1. The first-order valence-corrected chi connectivity index (χ1v) is 5.27. The molecule has 0 saturated heterocycles. The number of rotatable bonds is 1. The van der Waals surface area contributed by atoms with E-state index in [1.54, 1.807) is 6.07 Å². The van der Waals surface area contributed by atoms with Crippen LogP contribution >= 0.6 is 0 Å². The molecule has 1 N–H and O–H groups in total. The largest absolute Gasteiger partial charge is 0.507 e. The number of aromatic hydroxyl groups is 1. The summed E-state index contributed by atoms with van der Waals surface area (Å²) in [5.74, 6) is -0.00823. The van der Waals surface area contributed by atoms with Crippen LogP contribution in [0, 0.1) is 6.92 Å². The van der Waals surface area contributed by atoms with Gasteiger partial charge in [0.15, 0.2) is 0 Å². The van der Waals surface area contributed by atoms with E-state index in [2.05, 4.69) is 0 Å². The van der Waals surface area contributed by atoms with Gasteiger partial charge in [0.25, 0.3) is 0 Å². The van der Waals surface area contributed by atoms with Crippen LogP contribution in [0.2, 0.25) is 0 Å². The molecule has 0 bridgehead atoms. The summed E-state index contributed by atoms with van der Waals surface area (Å²) < 4.78 is 5.17. The summed E-state index contributed by atoms with van der Waals surface area (Å²) >= 11 is 0. The van der Waals surface area contributed by atoms with Crippen molar-refractivity contribution in [2.45, 2.75) is 26.7 Å². The summed E-state index contributed by atoms with van der Waals surface area (Å²) in [4.78, 5) is 11.7. The first-order valence-electron chi connectivity index (χ1n) is 5.27. The fraction of sp³-hybridized carbons (Fsp3) is 0.308. The zero-order chi connectivity index (χ0) is 11.9. The smallest absolute Gasteiger partial charge is 0.343 e. The second kappa shape index (κ2) is 3.67. The van der Waals surface area contributed by atoms with Crippen molar-refractivity contribution in [3.63, 3.8) is 0 Å². The van der Waals surface area contributed by atoms with Gasteiger partial charge in [-0.3, -0.25) is 0 Å². The normalized spacial score (nSPS) is 11.2. The molecule has 0 radical (unpaired) electrons. The maximum Gasteiger partial charge on any atom is 0.343 e. The molecule has 16 heavy (non-hydrogen) atoms. The summed E-state index contributed by atoms with van der Waals surface area (Å²) in [6.45, 7) is 5.64. The topological polar surface area (TPSA) is 50.4 Å². The fourth-order valence-electron chi connectivity index (χ4n) is 1.82. The van der Waals surface area contributed by atoms with Gasteiger partial charge in [0, 0.05) is 0 Å². The van der Waals surface area contributed by atoms with Crippen molar-refractivity contribution < 1.29 is 9.52 Å². The van der Waals surface area contributed by atoms with Gasteiger partial charge in [-0.15, -0.1) is 0 Å². The van der Waals surface area contributed by atoms with Gasteiger partial charge in [-0.05, 0) is 25.0 Å². The molecule has 1 aromatic heterocycles. The molecule has 0 aliphatic rings. The van der Waals surface area contributed by atoms with Crippen LogP contribution in [0.5, 0.6) is 5.75 Å². The molecule has 0 aliphatic carbocycles. The minimum Gasteiger partial charge on any atom is -0.507 e. The predicted octanol–water partition coefficient (Wildman–Crippen LogP) is 2.93. The molecule has 0 fully saturated rings.